The minimum atomic E-state index is 0.957. The summed E-state index contributed by atoms with van der Waals surface area (Å²) >= 11 is 1.39. The van der Waals surface area contributed by atoms with Gasteiger partial charge in [0.15, 0.2) is 0 Å². The van der Waals surface area contributed by atoms with E-state index in [4.69, 9.17) is 9.97 Å². The molecular formula is C39H30N2W. The summed E-state index contributed by atoms with van der Waals surface area (Å²) in [6, 6.07) is 38.1. The Morgan fingerprint density at radius 3 is 2.12 bits per heavy atom. The van der Waals surface area contributed by atoms with E-state index >= 15 is 0 Å². The van der Waals surface area contributed by atoms with Crippen LogP contribution in [0.2, 0.25) is 0 Å². The van der Waals surface area contributed by atoms with Gasteiger partial charge in [0.25, 0.3) is 0 Å². The van der Waals surface area contributed by atoms with E-state index in [0.29, 0.717) is 0 Å². The van der Waals surface area contributed by atoms with Gasteiger partial charge in [0.05, 0.1) is 0 Å². The molecule has 0 saturated heterocycles. The Labute approximate surface area is 259 Å². The standard InChI is InChI=1S/C39H30N2.W/c1-29(31-16-5-2-6-17-31)14-13-15-30-24-34(26-36(25-30)37-22-11-12-23-40-37)35-27-38(32-18-7-3-8-19-32)41-39(28-35)33-20-9-4-10-21-33;/h2-9,11-14,16-20,22-28H,1,10,21H2;. The molecule has 0 spiro atoms. The molecule has 0 bridgehead atoms. The molecule has 1 aliphatic carbocycles. The Bertz CT molecular complexity index is 1830. The van der Waals surface area contributed by atoms with Gasteiger partial charge in [-0.3, -0.25) is 0 Å². The van der Waals surface area contributed by atoms with Crippen LogP contribution in [0.15, 0.2) is 152 Å². The van der Waals surface area contributed by atoms with Crippen molar-refractivity contribution in [3.8, 4) is 33.6 Å². The van der Waals surface area contributed by atoms with E-state index in [1.165, 1.54) is 34.4 Å². The second-order valence-corrected chi connectivity index (χ2v) is 11.8. The van der Waals surface area contributed by atoms with Crippen molar-refractivity contribution in [2.75, 3.05) is 0 Å². The molecule has 2 nitrogen and oxygen atoms in total. The van der Waals surface area contributed by atoms with Crippen molar-refractivity contribution >= 4 is 15.0 Å². The van der Waals surface area contributed by atoms with Crippen LogP contribution in [0.1, 0.15) is 29.7 Å². The van der Waals surface area contributed by atoms with Gasteiger partial charge in [-0.05, 0) is 0 Å². The van der Waals surface area contributed by atoms with Crippen LogP contribution in [-0.4, -0.2) is 13.9 Å². The van der Waals surface area contributed by atoms with Crippen molar-refractivity contribution < 1.29 is 19.4 Å². The SMILES string of the molecule is C=C(C=C[C](=[W])c1cc(-c2cc(C3=CC=CCC3)nc(-c3ccccc3)c2)cc(-c2ccccn2)c1)c1ccccc1. The molecule has 0 atom stereocenters. The molecule has 6 rings (SSSR count). The summed E-state index contributed by atoms with van der Waals surface area (Å²) in [6.07, 6.45) is 14.8. The van der Waals surface area contributed by atoms with Crippen LogP contribution in [0.5, 0.6) is 0 Å². The Balaban J connectivity index is 1.46. The first kappa shape index (κ1) is 27.6. The fraction of sp³-hybridized carbons (Fsp3) is 0.0513. The molecule has 202 valence electrons. The van der Waals surface area contributed by atoms with E-state index in [1.54, 1.807) is 0 Å². The van der Waals surface area contributed by atoms with E-state index < -0.39 is 0 Å². The average Bonchev–Trinajstić information content (AvgIpc) is 3.08. The van der Waals surface area contributed by atoms with Gasteiger partial charge >= 0.3 is 260 Å². The van der Waals surface area contributed by atoms with Crippen molar-refractivity contribution in [1.29, 1.82) is 0 Å². The minimum absolute atomic E-state index is 0.957. The van der Waals surface area contributed by atoms with Crippen molar-refractivity contribution in [1.82, 2.24) is 9.97 Å². The van der Waals surface area contributed by atoms with Gasteiger partial charge in [-0.2, -0.15) is 0 Å². The summed E-state index contributed by atoms with van der Waals surface area (Å²) in [5, 5.41) is 0. The zero-order valence-electron chi connectivity index (χ0n) is 23.3. The van der Waals surface area contributed by atoms with E-state index in [2.05, 4.69) is 110 Å². The second kappa shape index (κ2) is 13.0. The normalized spacial score (nSPS) is 12.7. The summed E-state index contributed by atoms with van der Waals surface area (Å²) in [7, 11) is 0. The third-order valence-electron chi connectivity index (χ3n) is 7.33. The van der Waals surface area contributed by atoms with Crippen molar-refractivity contribution in [2.45, 2.75) is 12.8 Å². The van der Waals surface area contributed by atoms with Gasteiger partial charge in [-0.25, -0.2) is 0 Å². The van der Waals surface area contributed by atoms with Crippen LogP contribution in [-0.2, 0) is 19.4 Å². The van der Waals surface area contributed by atoms with Gasteiger partial charge in [0, 0.05) is 0 Å². The zero-order valence-corrected chi connectivity index (χ0v) is 26.2. The predicted molar refractivity (Wildman–Crippen MR) is 173 cm³/mol. The van der Waals surface area contributed by atoms with Gasteiger partial charge in [-0.1, -0.05) is 0 Å². The molecule has 2 heterocycles. The maximum absolute atomic E-state index is 5.13. The molecule has 0 radical (unpaired) electrons. The van der Waals surface area contributed by atoms with Gasteiger partial charge in [0.1, 0.15) is 0 Å². The predicted octanol–water partition coefficient (Wildman–Crippen LogP) is 9.55. The molecule has 0 aliphatic heterocycles. The molecule has 0 amide bonds. The van der Waals surface area contributed by atoms with Crippen LogP contribution in [0.4, 0.5) is 0 Å². The van der Waals surface area contributed by atoms with Gasteiger partial charge in [-0.15, -0.1) is 0 Å². The summed E-state index contributed by atoms with van der Waals surface area (Å²) in [5.41, 5.74) is 12.1. The zero-order chi connectivity index (χ0) is 28.7. The third-order valence-corrected chi connectivity index (χ3v) is 8.67. The molecule has 5 aromatic rings. The molecule has 0 unspecified atom stereocenters. The molecule has 2 aromatic heterocycles. The van der Waals surface area contributed by atoms with Crippen molar-refractivity contribution in [3.63, 3.8) is 0 Å². The summed E-state index contributed by atoms with van der Waals surface area (Å²) in [5.74, 6) is 0. The molecule has 0 N–H and O–H groups in total. The van der Waals surface area contributed by atoms with Crippen molar-refractivity contribution in [3.05, 3.63) is 169 Å². The van der Waals surface area contributed by atoms with Crippen molar-refractivity contribution in [2.24, 2.45) is 0 Å². The molecular weight excluding hydrogens is 680 g/mol. The average molecular weight is 711 g/mol. The van der Waals surface area contributed by atoms with Gasteiger partial charge < -0.3 is 0 Å². The first-order valence-electron chi connectivity index (χ1n) is 14.1. The van der Waals surface area contributed by atoms with Crippen LogP contribution in [0.25, 0.3) is 44.8 Å². The van der Waals surface area contributed by atoms with Crippen LogP contribution in [0, 0.1) is 0 Å². The number of pyridine rings is 2. The Hall–Kier alpha value is -4.52. The topological polar surface area (TPSA) is 25.8 Å². The van der Waals surface area contributed by atoms with Crippen LogP contribution >= 0.6 is 0 Å². The van der Waals surface area contributed by atoms with Crippen LogP contribution < -0.4 is 0 Å². The van der Waals surface area contributed by atoms with Crippen LogP contribution in [0.3, 0.4) is 0 Å². The number of aromatic nitrogens is 2. The van der Waals surface area contributed by atoms with E-state index in [1.807, 2.05) is 42.6 Å². The van der Waals surface area contributed by atoms with E-state index in [-0.39, 0.29) is 0 Å². The molecule has 0 fully saturated rings. The quantitative estimate of drug-likeness (QED) is 0.150. The molecule has 1 aliphatic rings. The molecule has 3 aromatic carbocycles. The van der Waals surface area contributed by atoms with E-state index in [9.17, 15) is 0 Å². The molecule has 42 heavy (non-hydrogen) atoms. The summed E-state index contributed by atoms with van der Waals surface area (Å²) in [6.45, 7) is 4.30. The first-order valence-corrected chi connectivity index (χ1v) is 15.6. The fourth-order valence-corrected chi connectivity index (χ4v) is 5.74. The Morgan fingerprint density at radius 2 is 1.38 bits per heavy atom. The fourth-order valence-electron chi connectivity index (χ4n) is 5.07. The third kappa shape index (κ3) is 6.51. The second-order valence-electron chi connectivity index (χ2n) is 10.3. The Morgan fingerprint density at radius 1 is 0.667 bits per heavy atom. The summed E-state index contributed by atoms with van der Waals surface area (Å²) < 4.78 is 1.24. The number of hydrogen-bond acceptors (Lipinski definition) is 2. The number of hydrogen-bond donors (Lipinski definition) is 0. The van der Waals surface area contributed by atoms with Gasteiger partial charge in [0.2, 0.25) is 0 Å². The first-order chi connectivity index (χ1) is 20.6. The maximum atomic E-state index is 5.13. The summed E-state index contributed by atoms with van der Waals surface area (Å²) in [4.78, 5) is 9.82. The monoisotopic (exact) mass is 710 g/mol. The number of benzene rings is 3. The molecule has 0 saturated carbocycles. The number of allylic oxidation sites excluding steroid dienone is 7. The number of nitrogens with zero attached hydrogens (tertiary/aromatic N) is 2. The Kier molecular flexibility index (Phi) is 8.54. The molecule has 3 heteroatoms. The van der Waals surface area contributed by atoms with E-state index in [0.717, 1.165) is 63.3 Å². The number of rotatable bonds is 8.